The molecular weight excluding hydrogens is 282 g/mol. The fourth-order valence-electron chi connectivity index (χ4n) is 1.64. The minimum absolute atomic E-state index is 0.0231. The van der Waals surface area contributed by atoms with Crippen molar-refractivity contribution in [1.82, 2.24) is 0 Å². The molecule has 0 fully saturated rings. The largest absolute Gasteiger partial charge is 0.370 e. The third-order valence-electron chi connectivity index (χ3n) is 3.02. The molecule has 1 rings (SSSR count). The summed E-state index contributed by atoms with van der Waals surface area (Å²) in [6, 6.07) is 2.77. The summed E-state index contributed by atoms with van der Waals surface area (Å²) < 4.78 is 27.7. The van der Waals surface area contributed by atoms with Crippen molar-refractivity contribution in [1.29, 1.82) is 0 Å². The number of primary sulfonamides is 1. The van der Waals surface area contributed by atoms with Crippen LogP contribution in [0.15, 0.2) is 17.0 Å². The van der Waals surface area contributed by atoms with Crippen LogP contribution in [0.25, 0.3) is 0 Å². The van der Waals surface area contributed by atoms with Gasteiger partial charge in [-0.2, -0.15) is 0 Å². The topological polar surface area (TPSA) is 125 Å². The lowest BCUT2D eigenvalue weighted by molar-refractivity contribution is -0.125. The highest BCUT2D eigenvalue weighted by atomic mass is 32.2. The number of methoxy groups -OCH3 is 1. The van der Waals surface area contributed by atoms with Gasteiger partial charge in [-0.3, -0.25) is 4.79 Å². The van der Waals surface area contributed by atoms with E-state index < -0.39 is 22.0 Å². The molecule has 1 aromatic rings. The quantitative estimate of drug-likeness (QED) is 0.698. The van der Waals surface area contributed by atoms with Gasteiger partial charge in [-0.15, -0.1) is 0 Å². The molecule has 20 heavy (non-hydrogen) atoms. The van der Waals surface area contributed by atoms with Gasteiger partial charge in [0.1, 0.15) is 6.10 Å². The molecule has 8 heteroatoms. The maximum absolute atomic E-state index is 11.9. The number of sulfonamides is 1. The van der Waals surface area contributed by atoms with Gasteiger partial charge in [0, 0.05) is 19.3 Å². The number of carbonyl (C=O) groups excluding carboxylic acids is 1. The summed E-state index contributed by atoms with van der Waals surface area (Å²) in [5.41, 5.74) is 7.22. The van der Waals surface area contributed by atoms with Gasteiger partial charge >= 0.3 is 0 Å². The number of carbonyl (C=O) groups is 1. The molecule has 1 unspecified atom stereocenters. The molecule has 7 nitrogen and oxygen atoms in total. The zero-order valence-corrected chi connectivity index (χ0v) is 12.5. The lowest BCUT2D eigenvalue weighted by Gasteiger charge is -2.16. The monoisotopic (exact) mass is 301 g/mol. The molecule has 0 aromatic heterocycles. The van der Waals surface area contributed by atoms with Gasteiger partial charge in [0.25, 0.3) is 5.91 Å². The molecule has 0 saturated carbocycles. The van der Waals surface area contributed by atoms with E-state index in [0.29, 0.717) is 11.3 Å². The minimum atomic E-state index is -3.84. The number of hydrogen-bond acceptors (Lipinski definition) is 5. The van der Waals surface area contributed by atoms with Crippen LogP contribution in [0.2, 0.25) is 0 Å². The molecule has 0 spiro atoms. The SMILES string of the molecule is COC(CN)C(=O)Nc1cc(S(N)(=O)=O)cc(C)c1C. The van der Waals surface area contributed by atoms with Crippen molar-refractivity contribution in [2.45, 2.75) is 24.8 Å². The molecule has 0 bridgehead atoms. The Morgan fingerprint density at radius 2 is 2.00 bits per heavy atom. The first-order chi connectivity index (χ1) is 9.20. The Bertz CT molecular complexity index is 609. The van der Waals surface area contributed by atoms with Crippen LogP contribution >= 0.6 is 0 Å². The van der Waals surface area contributed by atoms with E-state index in [4.69, 9.17) is 15.6 Å². The summed E-state index contributed by atoms with van der Waals surface area (Å²) in [7, 11) is -2.47. The van der Waals surface area contributed by atoms with Crippen molar-refractivity contribution < 1.29 is 17.9 Å². The standard InChI is InChI=1S/C12H19N3O4S/c1-7-4-9(20(14,17)18)5-10(8(7)2)15-12(16)11(6-13)19-3/h4-5,11H,6,13H2,1-3H3,(H,15,16)(H2,14,17,18). The van der Waals surface area contributed by atoms with Crippen molar-refractivity contribution in [2.24, 2.45) is 10.9 Å². The highest BCUT2D eigenvalue weighted by Gasteiger charge is 2.19. The summed E-state index contributed by atoms with van der Waals surface area (Å²) in [6.45, 7) is 3.52. The number of nitrogens with one attached hydrogen (secondary N) is 1. The Morgan fingerprint density at radius 1 is 1.40 bits per heavy atom. The van der Waals surface area contributed by atoms with E-state index in [1.807, 2.05) is 0 Å². The van der Waals surface area contributed by atoms with Crippen molar-refractivity contribution in [3.05, 3.63) is 23.3 Å². The van der Waals surface area contributed by atoms with Crippen LogP contribution in [0.5, 0.6) is 0 Å². The number of aryl methyl sites for hydroxylation is 1. The Balaban J connectivity index is 3.19. The molecule has 0 aliphatic rings. The van der Waals surface area contributed by atoms with Crippen LogP contribution in [0.3, 0.4) is 0 Å². The van der Waals surface area contributed by atoms with Crippen molar-refractivity contribution in [3.8, 4) is 0 Å². The Kier molecular flexibility index (Phi) is 5.23. The molecule has 1 amide bonds. The van der Waals surface area contributed by atoms with Crippen molar-refractivity contribution in [3.63, 3.8) is 0 Å². The van der Waals surface area contributed by atoms with E-state index in [0.717, 1.165) is 5.56 Å². The number of ether oxygens (including phenoxy) is 1. The molecule has 0 aliphatic carbocycles. The van der Waals surface area contributed by atoms with Gasteiger partial charge in [0.05, 0.1) is 4.90 Å². The van der Waals surface area contributed by atoms with Crippen LogP contribution in [0.1, 0.15) is 11.1 Å². The summed E-state index contributed by atoms with van der Waals surface area (Å²) in [6.07, 6.45) is -0.798. The van der Waals surface area contributed by atoms with Crippen LogP contribution in [-0.4, -0.2) is 34.1 Å². The van der Waals surface area contributed by atoms with Crippen LogP contribution in [0.4, 0.5) is 5.69 Å². The molecule has 0 aliphatic heterocycles. The Labute approximate surface area is 118 Å². The lowest BCUT2D eigenvalue weighted by atomic mass is 10.1. The van der Waals surface area contributed by atoms with Gasteiger partial charge in [0.2, 0.25) is 10.0 Å². The van der Waals surface area contributed by atoms with Crippen LogP contribution in [-0.2, 0) is 19.6 Å². The second-order valence-corrected chi connectivity index (χ2v) is 5.97. The van der Waals surface area contributed by atoms with E-state index in [1.54, 1.807) is 13.8 Å². The van der Waals surface area contributed by atoms with Crippen LogP contribution < -0.4 is 16.2 Å². The average molecular weight is 301 g/mol. The second kappa shape index (κ2) is 6.31. The third kappa shape index (κ3) is 3.76. The fourth-order valence-corrected chi connectivity index (χ4v) is 2.27. The molecule has 0 saturated heterocycles. The number of rotatable bonds is 5. The summed E-state index contributed by atoms with van der Waals surface area (Å²) in [5, 5.41) is 7.70. The van der Waals surface area contributed by atoms with E-state index in [1.165, 1.54) is 19.2 Å². The number of amides is 1. The Hall–Kier alpha value is -1.48. The highest BCUT2D eigenvalue weighted by molar-refractivity contribution is 7.89. The van der Waals surface area contributed by atoms with Crippen molar-refractivity contribution >= 4 is 21.6 Å². The lowest BCUT2D eigenvalue weighted by Crippen LogP contribution is -2.36. The third-order valence-corrected chi connectivity index (χ3v) is 3.91. The number of nitrogens with two attached hydrogens (primary N) is 2. The number of benzene rings is 1. The van der Waals surface area contributed by atoms with Gasteiger partial charge < -0.3 is 15.8 Å². The number of anilines is 1. The van der Waals surface area contributed by atoms with E-state index in [-0.39, 0.29) is 11.4 Å². The molecule has 1 aromatic carbocycles. The predicted octanol–water partition coefficient (Wildman–Crippen LogP) is -0.137. The first kappa shape index (κ1) is 16.6. The second-order valence-electron chi connectivity index (χ2n) is 4.41. The molecule has 0 heterocycles. The molecule has 5 N–H and O–H groups in total. The van der Waals surface area contributed by atoms with Gasteiger partial charge in [-0.1, -0.05) is 0 Å². The van der Waals surface area contributed by atoms with Crippen molar-refractivity contribution in [2.75, 3.05) is 19.0 Å². The molecule has 0 radical (unpaired) electrons. The average Bonchev–Trinajstić information content (AvgIpc) is 2.34. The van der Waals surface area contributed by atoms with E-state index in [2.05, 4.69) is 5.32 Å². The molecule has 112 valence electrons. The fraction of sp³-hybridized carbons (Fsp3) is 0.417. The maximum atomic E-state index is 11.9. The maximum Gasteiger partial charge on any atom is 0.254 e. The first-order valence-electron chi connectivity index (χ1n) is 5.88. The van der Waals surface area contributed by atoms with Gasteiger partial charge in [-0.25, -0.2) is 13.6 Å². The predicted molar refractivity (Wildman–Crippen MR) is 75.8 cm³/mol. The molecular formula is C12H19N3O4S. The number of hydrogen-bond donors (Lipinski definition) is 3. The van der Waals surface area contributed by atoms with Crippen LogP contribution in [0, 0.1) is 13.8 Å². The highest BCUT2D eigenvalue weighted by Crippen LogP contribution is 2.23. The van der Waals surface area contributed by atoms with Gasteiger partial charge in [-0.05, 0) is 37.1 Å². The minimum Gasteiger partial charge on any atom is -0.370 e. The molecule has 1 atom stereocenters. The van der Waals surface area contributed by atoms with Gasteiger partial charge in [0.15, 0.2) is 0 Å². The zero-order chi connectivity index (χ0) is 15.5. The Morgan fingerprint density at radius 3 is 2.45 bits per heavy atom. The van der Waals surface area contributed by atoms with E-state index in [9.17, 15) is 13.2 Å². The zero-order valence-electron chi connectivity index (χ0n) is 11.6. The summed E-state index contributed by atoms with van der Waals surface area (Å²) in [5.74, 6) is -0.441. The summed E-state index contributed by atoms with van der Waals surface area (Å²) in [4.78, 5) is 11.8. The van der Waals surface area contributed by atoms with E-state index >= 15 is 0 Å². The first-order valence-corrected chi connectivity index (χ1v) is 7.43. The normalized spacial score (nSPS) is 13.1. The smallest absolute Gasteiger partial charge is 0.254 e. The summed E-state index contributed by atoms with van der Waals surface area (Å²) >= 11 is 0.